The van der Waals surface area contributed by atoms with Gasteiger partial charge in [-0.3, -0.25) is 4.79 Å². The van der Waals surface area contributed by atoms with Gasteiger partial charge in [0.1, 0.15) is 11.6 Å². The highest BCUT2D eigenvalue weighted by molar-refractivity contribution is 5.76. The van der Waals surface area contributed by atoms with Gasteiger partial charge in [-0.1, -0.05) is 18.2 Å². The number of carboxylic acids is 1. The fraction of sp³-hybridized carbons (Fsp3) is 0.188. The minimum atomic E-state index is -1.01. The van der Waals surface area contributed by atoms with Gasteiger partial charge < -0.3 is 5.11 Å². The predicted octanol–water partition coefficient (Wildman–Crippen LogP) is 3.68. The molecule has 0 aliphatic rings. The van der Waals surface area contributed by atoms with Crippen molar-refractivity contribution in [2.24, 2.45) is 0 Å². The summed E-state index contributed by atoms with van der Waals surface area (Å²) in [5, 5.41) is 9.33. The van der Waals surface area contributed by atoms with Crippen LogP contribution in [-0.2, 0) is 11.2 Å². The first kappa shape index (κ1) is 14.2. The molecule has 2 aromatic carbocycles. The number of hydrogen-bond acceptors (Lipinski definition) is 1. The molecule has 0 saturated carbocycles. The topological polar surface area (TPSA) is 37.3 Å². The Morgan fingerprint density at radius 3 is 2.30 bits per heavy atom. The van der Waals surface area contributed by atoms with Crippen LogP contribution in [0.2, 0.25) is 0 Å². The lowest BCUT2D eigenvalue weighted by Crippen LogP contribution is -2.15. The Morgan fingerprint density at radius 1 is 1.10 bits per heavy atom. The average Bonchev–Trinajstić information content (AvgIpc) is 2.40. The van der Waals surface area contributed by atoms with Crippen LogP contribution in [0.4, 0.5) is 8.78 Å². The maximum Gasteiger partial charge on any atom is 0.311 e. The lowest BCUT2D eigenvalue weighted by atomic mass is 9.90. The third-order valence-electron chi connectivity index (χ3n) is 3.31. The molecule has 1 atom stereocenters. The standard InChI is InChI=1S/C16H14F2O2/c1-10-2-5-14(18)8-12(10)9-15(16(19)20)11-3-6-13(17)7-4-11/h2-8,15H,9H2,1H3,(H,19,20). The average molecular weight is 276 g/mol. The Labute approximate surface area is 115 Å². The second-order valence-corrected chi connectivity index (χ2v) is 4.72. The van der Waals surface area contributed by atoms with E-state index in [2.05, 4.69) is 0 Å². The van der Waals surface area contributed by atoms with Crippen molar-refractivity contribution in [3.63, 3.8) is 0 Å². The molecule has 0 amide bonds. The number of carbonyl (C=O) groups is 1. The molecule has 1 unspecified atom stereocenters. The predicted molar refractivity (Wildman–Crippen MR) is 71.6 cm³/mol. The number of hydrogen-bond donors (Lipinski definition) is 1. The summed E-state index contributed by atoms with van der Waals surface area (Å²) in [6, 6.07) is 9.65. The van der Waals surface area contributed by atoms with Crippen LogP contribution in [0.25, 0.3) is 0 Å². The molecule has 0 aliphatic heterocycles. The molecule has 0 bridgehead atoms. The van der Waals surface area contributed by atoms with Crippen molar-refractivity contribution in [2.45, 2.75) is 19.3 Å². The maximum absolute atomic E-state index is 13.3. The van der Waals surface area contributed by atoms with Crippen molar-refractivity contribution in [2.75, 3.05) is 0 Å². The van der Waals surface area contributed by atoms with Crippen molar-refractivity contribution in [1.82, 2.24) is 0 Å². The largest absolute Gasteiger partial charge is 0.481 e. The highest BCUT2D eigenvalue weighted by Gasteiger charge is 2.21. The SMILES string of the molecule is Cc1ccc(F)cc1CC(C(=O)O)c1ccc(F)cc1. The van der Waals surface area contributed by atoms with Crippen LogP contribution in [0.1, 0.15) is 22.6 Å². The van der Waals surface area contributed by atoms with E-state index in [-0.39, 0.29) is 6.42 Å². The van der Waals surface area contributed by atoms with Gasteiger partial charge in [0.05, 0.1) is 5.92 Å². The van der Waals surface area contributed by atoms with Crippen molar-refractivity contribution in [1.29, 1.82) is 0 Å². The molecule has 2 nitrogen and oxygen atoms in total. The molecule has 0 radical (unpaired) electrons. The van der Waals surface area contributed by atoms with Crippen LogP contribution in [0.5, 0.6) is 0 Å². The van der Waals surface area contributed by atoms with Crippen LogP contribution in [-0.4, -0.2) is 11.1 Å². The van der Waals surface area contributed by atoms with Gasteiger partial charge in [-0.05, 0) is 54.3 Å². The molecule has 2 aromatic rings. The van der Waals surface area contributed by atoms with Crippen molar-refractivity contribution < 1.29 is 18.7 Å². The van der Waals surface area contributed by atoms with E-state index in [4.69, 9.17) is 0 Å². The van der Waals surface area contributed by atoms with Gasteiger partial charge in [0, 0.05) is 0 Å². The van der Waals surface area contributed by atoms with Gasteiger partial charge in [0.2, 0.25) is 0 Å². The lowest BCUT2D eigenvalue weighted by molar-refractivity contribution is -0.138. The molecular formula is C16H14F2O2. The van der Waals surface area contributed by atoms with Crippen LogP contribution >= 0.6 is 0 Å². The summed E-state index contributed by atoms with van der Waals surface area (Å²) >= 11 is 0. The van der Waals surface area contributed by atoms with Crippen LogP contribution < -0.4 is 0 Å². The van der Waals surface area contributed by atoms with E-state index in [1.165, 1.54) is 36.4 Å². The third-order valence-corrected chi connectivity index (χ3v) is 3.31. The molecule has 1 N–H and O–H groups in total. The molecule has 0 spiro atoms. The minimum Gasteiger partial charge on any atom is -0.481 e. The summed E-state index contributed by atoms with van der Waals surface area (Å²) in [4.78, 5) is 11.4. The summed E-state index contributed by atoms with van der Waals surface area (Å²) in [7, 11) is 0. The van der Waals surface area contributed by atoms with Crippen molar-refractivity contribution in [3.05, 3.63) is 70.8 Å². The summed E-state index contributed by atoms with van der Waals surface area (Å²) < 4.78 is 26.2. The fourth-order valence-corrected chi connectivity index (χ4v) is 2.12. The van der Waals surface area contributed by atoms with Gasteiger partial charge >= 0.3 is 5.97 Å². The first-order chi connectivity index (χ1) is 9.47. The third kappa shape index (κ3) is 3.20. The Hall–Kier alpha value is -2.23. The molecule has 0 saturated heterocycles. The number of aliphatic carboxylic acids is 1. The molecule has 104 valence electrons. The van der Waals surface area contributed by atoms with E-state index in [0.717, 1.165) is 5.56 Å². The number of carboxylic acid groups (broad SMARTS) is 1. The van der Waals surface area contributed by atoms with Gasteiger partial charge in [-0.25, -0.2) is 8.78 Å². The number of benzene rings is 2. The molecule has 2 rings (SSSR count). The maximum atomic E-state index is 13.3. The highest BCUT2D eigenvalue weighted by Crippen LogP contribution is 2.24. The Bertz CT molecular complexity index is 621. The van der Waals surface area contributed by atoms with E-state index in [9.17, 15) is 18.7 Å². The highest BCUT2D eigenvalue weighted by atomic mass is 19.1. The molecule has 0 fully saturated rings. The zero-order valence-electron chi connectivity index (χ0n) is 10.9. The van der Waals surface area contributed by atoms with E-state index >= 15 is 0 Å². The summed E-state index contributed by atoms with van der Waals surface area (Å²) in [6.07, 6.45) is 0.171. The Balaban J connectivity index is 2.32. The summed E-state index contributed by atoms with van der Waals surface area (Å²) in [6.45, 7) is 1.80. The van der Waals surface area contributed by atoms with Gasteiger partial charge in [-0.2, -0.15) is 0 Å². The Kier molecular flexibility index (Phi) is 4.13. The first-order valence-corrected chi connectivity index (χ1v) is 6.20. The fourth-order valence-electron chi connectivity index (χ4n) is 2.12. The molecule has 20 heavy (non-hydrogen) atoms. The summed E-state index contributed by atoms with van der Waals surface area (Å²) in [5.74, 6) is -2.65. The molecule has 0 aliphatic carbocycles. The first-order valence-electron chi connectivity index (χ1n) is 6.20. The number of rotatable bonds is 4. The minimum absolute atomic E-state index is 0.171. The van der Waals surface area contributed by atoms with E-state index in [0.29, 0.717) is 11.1 Å². The van der Waals surface area contributed by atoms with Gasteiger partial charge in [0.15, 0.2) is 0 Å². The molecule has 4 heteroatoms. The van der Waals surface area contributed by atoms with Crippen molar-refractivity contribution >= 4 is 5.97 Å². The number of halogens is 2. The molecular weight excluding hydrogens is 262 g/mol. The summed E-state index contributed by atoms with van der Waals surface area (Å²) in [5.41, 5.74) is 1.98. The molecule has 0 heterocycles. The van der Waals surface area contributed by atoms with Crippen LogP contribution in [0.15, 0.2) is 42.5 Å². The second-order valence-electron chi connectivity index (χ2n) is 4.72. The van der Waals surface area contributed by atoms with Gasteiger partial charge in [0.25, 0.3) is 0 Å². The normalized spacial score (nSPS) is 12.2. The monoisotopic (exact) mass is 276 g/mol. The van der Waals surface area contributed by atoms with Crippen LogP contribution in [0.3, 0.4) is 0 Å². The van der Waals surface area contributed by atoms with Gasteiger partial charge in [-0.15, -0.1) is 0 Å². The number of aryl methyl sites for hydroxylation is 1. The zero-order chi connectivity index (χ0) is 14.7. The van der Waals surface area contributed by atoms with Crippen LogP contribution in [0, 0.1) is 18.6 Å². The van der Waals surface area contributed by atoms with Crippen molar-refractivity contribution in [3.8, 4) is 0 Å². The Morgan fingerprint density at radius 2 is 1.70 bits per heavy atom. The van der Waals surface area contributed by atoms with E-state index in [1.807, 2.05) is 0 Å². The zero-order valence-corrected chi connectivity index (χ0v) is 10.9. The lowest BCUT2D eigenvalue weighted by Gasteiger charge is -2.14. The molecule has 0 aromatic heterocycles. The second kappa shape index (κ2) is 5.82. The quantitative estimate of drug-likeness (QED) is 0.924. The smallest absolute Gasteiger partial charge is 0.311 e. The van der Waals surface area contributed by atoms with E-state index < -0.39 is 23.5 Å². The van der Waals surface area contributed by atoms with E-state index in [1.54, 1.807) is 13.0 Å².